The minimum absolute atomic E-state index is 0.303. The monoisotopic (exact) mass is 596 g/mol. The Kier molecular flexibility index (Phi) is 8.70. The summed E-state index contributed by atoms with van der Waals surface area (Å²) in [6.07, 6.45) is 0. The summed E-state index contributed by atoms with van der Waals surface area (Å²) in [5.41, 5.74) is 7.68. The number of para-hydroxylation sites is 2. The lowest BCUT2D eigenvalue weighted by atomic mass is 10.1. The number of anilines is 3. The highest BCUT2D eigenvalue weighted by molar-refractivity contribution is 7.18. The van der Waals surface area contributed by atoms with Gasteiger partial charge in [0.05, 0.1) is 11.4 Å². The Morgan fingerprint density at radius 1 is 0.773 bits per heavy atom. The molecular formula is C36H32N6OS. The number of aromatic nitrogens is 3. The molecule has 8 heteroatoms. The predicted octanol–water partition coefficient (Wildman–Crippen LogP) is 8.04. The van der Waals surface area contributed by atoms with Crippen LogP contribution in [0.5, 0.6) is 0 Å². The highest BCUT2D eigenvalue weighted by Crippen LogP contribution is 2.34. The van der Waals surface area contributed by atoms with Crippen LogP contribution in [0.15, 0.2) is 121 Å². The van der Waals surface area contributed by atoms with Crippen LogP contribution in [0, 0.1) is 6.92 Å². The SMILES string of the molecule is Cc1ccccc1N(C)CCNc1cc(C(=O)Nc2ccccc2-c2nnc(-c3ccccc3)s2)nc(-c2ccccc2)c1. The molecule has 0 unspecified atom stereocenters. The van der Waals surface area contributed by atoms with Gasteiger partial charge in [0.15, 0.2) is 0 Å². The number of carbonyl (C=O) groups excluding carboxylic acids is 1. The molecule has 6 aromatic rings. The second-order valence-corrected chi connectivity index (χ2v) is 11.4. The summed E-state index contributed by atoms with van der Waals surface area (Å²) in [6, 6.07) is 39.6. The molecule has 6 rings (SSSR count). The molecule has 218 valence electrons. The average Bonchev–Trinajstić information content (AvgIpc) is 3.56. The summed E-state index contributed by atoms with van der Waals surface area (Å²) in [4.78, 5) is 20.7. The first-order valence-electron chi connectivity index (χ1n) is 14.4. The molecular weight excluding hydrogens is 565 g/mol. The molecule has 0 aliphatic carbocycles. The van der Waals surface area contributed by atoms with Crippen LogP contribution < -0.4 is 15.5 Å². The van der Waals surface area contributed by atoms with Crippen molar-refractivity contribution in [1.82, 2.24) is 15.2 Å². The molecule has 0 fully saturated rings. The van der Waals surface area contributed by atoms with Gasteiger partial charge in [-0.25, -0.2) is 4.98 Å². The van der Waals surface area contributed by atoms with Gasteiger partial charge < -0.3 is 15.5 Å². The van der Waals surface area contributed by atoms with Gasteiger partial charge in [0.2, 0.25) is 0 Å². The Morgan fingerprint density at radius 3 is 2.20 bits per heavy atom. The summed E-state index contributed by atoms with van der Waals surface area (Å²) in [5, 5.41) is 17.0. The number of likely N-dealkylation sites (N-methyl/N-ethyl adjacent to an activating group) is 1. The second-order valence-electron chi connectivity index (χ2n) is 10.4. The second kappa shape index (κ2) is 13.3. The van der Waals surface area contributed by atoms with Crippen LogP contribution in [0.3, 0.4) is 0 Å². The van der Waals surface area contributed by atoms with Crippen molar-refractivity contribution in [3.05, 3.63) is 133 Å². The summed E-state index contributed by atoms with van der Waals surface area (Å²) in [6.45, 7) is 3.59. The number of hydrogen-bond donors (Lipinski definition) is 2. The van der Waals surface area contributed by atoms with E-state index in [1.54, 1.807) is 6.07 Å². The third-order valence-corrected chi connectivity index (χ3v) is 8.29. The van der Waals surface area contributed by atoms with E-state index in [1.807, 2.05) is 97.1 Å². The minimum Gasteiger partial charge on any atom is -0.383 e. The highest BCUT2D eigenvalue weighted by atomic mass is 32.1. The molecule has 0 spiro atoms. The van der Waals surface area contributed by atoms with Gasteiger partial charge in [-0.05, 0) is 42.8 Å². The minimum atomic E-state index is -0.303. The largest absolute Gasteiger partial charge is 0.383 e. The lowest BCUT2D eigenvalue weighted by Gasteiger charge is -2.22. The van der Waals surface area contributed by atoms with Gasteiger partial charge >= 0.3 is 0 Å². The zero-order valence-electron chi connectivity index (χ0n) is 24.6. The summed E-state index contributed by atoms with van der Waals surface area (Å²) in [7, 11) is 2.09. The highest BCUT2D eigenvalue weighted by Gasteiger charge is 2.17. The van der Waals surface area contributed by atoms with E-state index in [2.05, 4.69) is 57.9 Å². The molecule has 0 saturated heterocycles. The zero-order chi connectivity index (χ0) is 30.3. The third-order valence-electron chi connectivity index (χ3n) is 7.28. The van der Waals surface area contributed by atoms with Gasteiger partial charge in [-0.2, -0.15) is 0 Å². The number of benzene rings is 4. The van der Waals surface area contributed by atoms with E-state index in [-0.39, 0.29) is 5.91 Å². The standard InChI is InChI=1S/C36H32N6OS/c1-25-13-9-12-20-33(25)42(2)22-21-37-28-23-31(26-14-5-3-6-15-26)38-32(24-28)34(43)39-30-19-11-10-18-29(30)36-41-40-35(44-36)27-16-7-4-8-17-27/h3-20,23-24H,21-22H2,1-2H3,(H,37,38)(H,39,43). The molecule has 0 saturated carbocycles. The van der Waals surface area contributed by atoms with Crippen LogP contribution >= 0.6 is 11.3 Å². The third kappa shape index (κ3) is 6.66. The van der Waals surface area contributed by atoms with Crippen LogP contribution in [0.4, 0.5) is 17.1 Å². The fraction of sp³-hybridized carbons (Fsp3) is 0.111. The molecule has 0 aliphatic rings. The Bertz CT molecular complexity index is 1870. The van der Waals surface area contributed by atoms with Crippen LogP contribution in [-0.2, 0) is 0 Å². The van der Waals surface area contributed by atoms with E-state index in [1.165, 1.54) is 22.6 Å². The molecule has 0 bridgehead atoms. The van der Waals surface area contributed by atoms with Gasteiger partial charge in [0, 0.05) is 48.2 Å². The van der Waals surface area contributed by atoms with Gasteiger partial charge in [-0.15, -0.1) is 10.2 Å². The molecule has 2 aromatic heterocycles. The number of rotatable bonds is 10. The van der Waals surface area contributed by atoms with E-state index >= 15 is 0 Å². The van der Waals surface area contributed by atoms with E-state index in [0.29, 0.717) is 17.9 Å². The summed E-state index contributed by atoms with van der Waals surface area (Å²) < 4.78 is 0. The first kappa shape index (κ1) is 28.8. The number of nitrogens with one attached hydrogen (secondary N) is 2. The Morgan fingerprint density at radius 2 is 1.43 bits per heavy atom. The number of hydrogen-bond acceptors (Lipinski definition) is 7. The van der Waals surface area contributed by atoms with Crippen molar-refractivity contribution < 1.29 is 4.79 Å². The quantitative estimate of drug-likeness (QED) is 0.167. The van der Waals surface area contributed by atoms with Crippen molar-refractivity contribution in [2.24, 2.45) is 0 Å². The molecule has 0 aliphatic heterocycles. The maximum atomic E-state index is 13.7. The maximum Gasteiger partial charge on any atom is 0.274 e. The molecule has 0 radical (unpaired) electrons. The smallest absolute Gasteiger partial charge is 0.274 e. The van der Waals surface area contributed by atoms with E-state index in [4.69, 9.17) is 4.98 Å². The molecule has 44 heavy (non-hydrogen) atoms. The summed E-state index contributed by atoms with van der Waals surface area (Å²) in [5.74, 6) is -0.303. The van der Waals surface area contributed by atoms with Crippen LogP contribution in [0.2, 0.25) is 0 Å². The van der Waals surface area contributed by atoms with Crippen LogP contribution in [0.25, 0.3) is 32.4 Å². The topological polar surface area (TPSA) is 83.0 Å². The van der Waals surface area contributed by atoms with Gasteiger partial charge in [0.1, 0.15) is 15.7 Å². The first-order chi connectivity index (χ1) is 21.5. The zero-order valence-corrected chi connectivity index (χ0v) is 25.4. The molecule has 4 aromatic carbocycles. The van der Waals surface area contributed by atoms with Gasteiger partial charge in [-0.1, -0.05) is 102 Å². The Labute approximate surface area is 261 Å². The average molecular weight is 597 g/mol. The number of carbonyl (C=O) groups is 1. The fourth-order valence-corrected chi connectivity index (χ4v) is 5.87. The lowest BCUT2D eigenvalue weighted by Crippen LogP contribution is -2.25. The van der Waals surface area contributed by atoms with Crippen molar-refractivity contribution in [2.75, 3.05) is 35.7 Å². The number of amides is 1. The number of nitrogens with zero attached hydrogens (tertiary/aromatic N) is 4. The van der Waals surface area contributed by atoms with Crippen LogP contribution in [0.1, 0.15) is 16.1 Å². The summed E-state index contributed by atoms with van der Waals surface area (Å²) >= 11 is 1.49. The van der Waals surface area contributed by atoms with Gasteiger partial charge in [-0.3, -0.25) is 4.79 Å². The van der Waals surface area contributed by atoms with Crippen LogP contribution in [-0.4, -0.2) is 41.2 Å². The van der Waals surface area contributed by atoms with E-state index in [0.717, 1.165) is 44.6 Å². The van der Waals surface area contributed by atoms with E-state index in [9.17, 15) is 4.79 Å². The normalized spacial score (nSPS) is 10.8. The van der Waals surface area contributed by atoms with Crippen molar-refractivity contribution in [1.29, 1.82) is 0 Å². The first-order valence-corrected chi connectivity index (χ1v) is 15.2. The lowest BCUT2D eigenvalue weighted by molar-refractivity contribution is 0.102. The molecule has 0 atom stereocenters. The van der Waals surface area contributed by atoms with Gasteiger partial charge in [0.25, 0.3) is 5.91 Å². The number of aryl methyl sites for hydroxylation is 1. The molecule has 2 N–H and O–H groups in total. The number of pyridine rings is 1. The van der Waals surface area contributed by atoms with Crippen molar-refractivity contribution in [2.45, 2.75) is 6.92 Å². The van der Waals surface area contributed by atoms with Crippen molar-refractivity contribution >= 4 is 34.3 Å². The Hall–Kier alpha value is -5.34. The van der Waals surface area contributed by atoms with Crippen molar-refractivity contribution in [3.63, 3.8) is 0 Å². The molecule has 2 heterocycles. The molecule has 1 amide bonds. The fourth-order valence-electron chi connectivity index (χ4n) is 4.98. The molecule has 7 nitrogen and oxygen atoms in total. The maximum absolute atomic E-state index is 13.7. The van der Waals surface area contributed by atoms with Crippen molar-refractivity contribution in [3.8, 4) is 32.4 Å². The predicted molar refractivity (Wildman–Crippen MR) is 181 cm³/mol. The Balaban J connectivity index is 1.24. The van der Waals surface area contributed by atoms with E-state index < -0.39 is 0 Å².